The van der Waals surface area contributed by atoms with Gasteiger partial charge < -0.3 is 9.73 Å². The number of hydrogen-bond donors (Lipinski definition) is 2. The van der Waals surface area contributed by atoms with Crippen molar-refractivity contribution < 1.29 is 9.21 Å². The van der Waals surface area contributed by atoms with Crippen molar-refractivity contribution in [3.8, 4) is 0 Å². The highest BCUT2D eigenvalue weighted by molar-refractivity contribution is 7.99. The molecule has 3 heterocycles. The maximum atomic E-state index is 12.1. The molecule has 0 bridgehead atoms. The van der Waals surface area contributed by atoms with E-state index in [9.17, 15) is 4.79 Å². The average molecular weight is 295 g/mol. The lowest BCUT2D eigenvalue weighted by atomic mass is 10.2. The maximum Gasteiger partial charge on any atom is 0.238 e. The Morgan fingerprint density at radius 2 is 2.40 bits per heavy atom. The van der Waals surface area contributed by atoms with Crippen LogP contribution in [0.5, 0.6) is 0 Å². The van der Waals surface area contributed by atoms with E-state index in [-0.39, 0.29) is 18.0 Å². The van der Waals surface area contributed by atoms with E-state index in [0.717, 1.165) is 30.5 Å². The van der Waals surface area contributed by atoms with E-state index < -0.39 is 0 Å². The summed E-state index contributed by atoms with van der Waals surface area (Å²) >= 11 is 1.77. The molecule has 1 amide bonds. The van der Waals surface area contributed by atoms with Gasteiger partial charge in [0.15, 0.2) is 0 Å². The minimum absolute atomic E-state index is 0.0455. The van der Waals surface area contributed by atoms with Gasteiger partial charge in [0.2, 0.25) is 5.91 Å². The monoisotopic (exact) mass is 295 g/mol. The molecule has 0 saturated carbocycles. The Morgan fingerprint density at radius 3 is 3.05 bits per heavy atom. The lowest BCUT2D eigenvalue weighted by Crippen LogP contribution is -2.45. The number of thioether (sulfide) groups is 1. The molecule has 5 nitrogen and oxygen atoms in total. The van der Waals surface area contributed by atoms with Crippen LogP contribution in [0.25, 0.3) is 0 Å². The summed E-state index contributed by atoms with van der Waals surface area (Å²) in [6.45, 7) is 2.78. The topological polar surface area (TPSA) is 57.5 Å². The molecule has 0 radical (unpaired) electrons. The summed E-state index contributed by atoms with van der Waals surface area (Å²) in [5.41, 5.74) is 0. The Labute approximate surface area is 123 Å². The molecule has 2 N–H and O–H groups in total. The first-order valence-corrected chi connectivity index (χ1v) is 8.36. The second-order valence-corrected chi connectivity index (χ2v) is 6.32. The standard InChI is InChI=1S/C14H21N3O2S/c18-14(11-9-20-10-16-11)15-8-12(13-4-3-7-19-13)17-5-1-2-6-17/h3-4,7,11-12,16H,1-2,5-6,8-10H2,(H,15,18). The summed E-state index contributed by atoms with van der Waals surface area (Å²) in [5, 5.41) is 6.27. The average Bonchev–Trinajstić information content (AvgIpc) is 3.22. The van der Waals surface area contributed by atoms with Crippen LogP contribution >= 0.6 is 11.8 Å². The number of hydrogen-bond acceptors (Lipinski definition) is 5. The second-order valence-electron chi connectivity index (χ2n) is 5.29. The van der Waals surface area contributed by atoms with Crippen LogP contribution < -0.4 is 10.6 Å². The molecule has 0 spiro atoms. The molecule has 0 aliphatic carbocycles. The summed E-state index contributed by atoms with van der Waals surface area (Å²) < 4.78 is 5.55. The van der Waals surface area contributed by atoms with Crippen LogP contribution in [0, 0.1) is 0 Å². The lowest BCUT2D eigenvalue weighted by molar-refractivity contribution is -0.122. The van der Waals surface area contributed by atoms with Gasteiger partial charge in [-0.15, -0.1) is 11.8 Å². The highest BCUT2D eigenvalue weighted by Crippen LogP contribution is 2.25. The van der Waals surface area contributed by atoms with Gasteiger partial charge in [0, 0.05) is 18.2 Å². The lowest BCUT2D eigenvalue weighted by Gasteiger charge is -2.26. The number of carbonyl (C=O) groups is 1. The Bertz CT molecular complexity index is 426. The Balaban J connectivity index is 1.59. The summed E-state index contributed by atoms with van der Waals surface area (Å²) in [6, 6.07) is 4.02. The second kappa shape index (κ2) is 6.65. The SMILES string of the molecule is O=C(NCC(c1ccco1)N1CCCC1)C1CSCN1. The van der Waals surface area contributed by atoms with E-state index in [4.69, 9.17) is 4.42 Å². The number of amides is 1. The number of likely N-dealkylation sites (tertiary alicyclic amines) is 1. The van der Waals surface area contributed by atoms with E-state index in [1.54, 1.807) is 18.0 Å². The Hall–Kier alpha value is -0.980. The first-order chi connectivity index (χ1) is 9.84. The molecule has 2 saturated heterocycles. The van der Waals surface area contributed by atoms with E-state index in [0.29, 0.717) is 6.54 Å². The molecular weight excluding hydrogens is 274 g/mol. The van der Waals surface area contributed by atoms with Gasteiger partial charge in [0.05, 0.1) is 18.3 Å². The molecular formula is C14H21N3O2S. The summed E-state index contributed by atoms with van der Waals surface area (Å²) in [5.74, 6) is 2.78. The van der Waals surface area contributed by atoms with E-state index in [2.05, 4.69) is 15.5 Å². The molecule has 110 valence electrons. The molecule has 6 heteroatoms. The van der Waals surface area contributed by atoms with Crippen LogP contribution in [-0.2, 0) is 4.79 Å². The predicted molar refractivity (Wildman–Crippen MR) is 79.5 cm³/mol. The summed E-state index contributed by atoms with van der Waals surface area (Å²) in [4.78, 5) is 14.5. The molecule has 2 atom stereocenters. The highest BCUT2D eigenvalue weighted by atomic mass is 32.2. The molecule has 1 aromatic heterocycles. The summed E-state index contributed by atoms with van der Waals surface area (Å²) in [6.07, 6.45) is 4.16. The van der Waals surface area contributed by atoms with Crippen molar-refractivity contribution in [1.29, 1.82) is 0 Å². The fourth-order valence-electron chi connectivity index (χ4n) is 2.83. The molecule has 2 unspecified atom stereocenters. The number of furan rings is 1. The van der Waals surface area contributed by atoms with Gasteiger partial charge >= 0.3 is 0 Å². The van der Waals surface area contributed by atoms with Crippen LogP contribution in [0.3, 0.4) is 0 Å². The number of nitrogens with one attached hydrogen (secondary N) is 2. The third kappa shape index (κ3) is 3.19. The van der Waals surface area contributed by atoms with E-state index in [1.807, 2.05) is 12.1 Å². The van der Waals surface area contributed by atoms with Crippen molar-refractivity contribution in [3.05, 3.63) is 24.2 Å². The van der Waals surface area contributed by atoms with E-state index in [1.165, 1.54) is 12.8 Å². The van der Waals surface area contributed by atoms with Gasteiger partial charge in [-0.25, -0.2) is 0 Å². The molecule has 2 aliphatic rings. The number of nitrogens with zero attached hydrogens (tertiary/aromatic N) is 1. The van der Waals surface area contributed by atoms with Crippen LogP contribution in [-0.4, -0.2) is 48.1 Å². The van der Waals surface area contributed by atoms with Crippen molar-refractivity contribution in [1.82, 2.24) is 15.5 Å². The Kier molecular flexibility index (Phi) is 4.65. The first kappa shape index (κ1) is 14.0. The van der Waals surface area contributed by atoms with Crippen LogP contribution in [0.4, 0.5) is 0 Å². The molecule has 20 heavy (non-hydrogen) atoms. The quantitative estimate of drug-likeness (QED) is 0.855. The van der Waals surface area contributed by atoms with Gasteiger partial charge in [-0.05, 0) is 38.1 Å². The summed E-state index contributed by atoms with van der Waals surface area (Å²) in [7, 11) is 0. The largest absolute Gasteiger partial charge is 0.468 e. The fourth-order valence-corrected chi connectivity index (χ4v) is 3.77. The fraction of sp³-hybridized carbons (Fsp3) is 0.643. The smallest absolute Gasteiger partial charge is 0.238 e. The van der Waals surface area contributed by atoms with Gasteiger partial charge in [0.1, 0.15) is 5.76 Å². The molecule has 0 aromatic carbocycles. The molecule has 2 aliphatic heterocycles. The van der Waals surface area contributed by atoms with Crippen molar-refractivity contribution in [2.24, 2.45) is 0 Å². The van der Waals surface area contributed by atoms with Gasteiger partial charge in [-0.3, -0.25) is 15.0 Å². The van der Waals surface area contributed by atoms with Gasteiger partial charge in [-0.2, -0.15) is 0 Å². The van der Waals surface area contributed by atoms with Gasteiger partial charge in [-0.1, -0.05) is 0 Å². The zero-order valence-corrected chi connectivity index (χ0v) is 12.3. The normalized spacial score (nSPS) is 24.9. The number of carbonyl (C=O) groups excluding carboxylic acids is 1. The maximum absolute atomic E-state index is 12.1. The minimum Gasteiger partial charge on any atom is -0.468 e. The highest BCUT2D eigenvalue weighted by Gasteiger charge is 2.28. The predicted octanol–water partition coefficient (Wildman–Crippen LogP) is 1.20. The molecule has 2 fully saturated rings. The van der Waals surface area contributed by atoms with Crippen molar-refractivity contribution in [3.63, 3.8) is 0 Å². The van der Waals surface area contributed by atoms with Crippen LogP contribution in [0.2, 0.25) is 0 Å². The van der Waals surface area contributed by atoms with Crippen molar-refractivity contribution in [2.75, 3.05) is 31.3 Å². The Morgan fingerprint density at radius 1 is 1.55 bits per heavy atom. The van der Waals surface area contributed by atoms with Crippen LogP contribution in [0.1, 0.15) is 24.6 Å². The van der Waals surface area contributed by atoms with Crippen molar-refractivity contribution >= 4 is 17.7 Å². The zero-order valence-electron chi connectivity index (χ0n) is 11.5. The third-order valence-corrected chi connectivity index (χ3v) is 4.90. The van der Waals surface area contributed by atoms with Gasteiger partial charge in [0.25, 0.3) is 0 Å². The molecule has 3 rings (SSSR count). The van der Waals surface area contributed by atoms with Crippen LogP contribution in [0.15, 0.2) is 22.8 Å². The number of rotatable bonds is 5. The molecule has 1 aromatic rings. The zero-order chi connectivity index (χ0) is 13.8. The minimum atomic E-state index is -0.0455. The van der Waals surface area contributed by atoms with E-state index >= 15 is 0 Å². The third-order valence-electron chi connectivity index (χ3n) is 3.96. The first-order valence-electron chi connectivity index (χ1n) is 7.21. The van der Waals surface area contributed by atoms with Crippen molar-refractivity contribution in [2.45, 2.75) is 24.9 Å².